The smallest absolute Gasteiger partial charge is 0.251 e. The second-order valence-corrected chi connectivity index (χ2v) is 6.85. The van der Waals surface area contributed by atoms with Crippen LogP contribution in [0.3, 0.4) is 0 Å². The quantitative estimate of drug-likeness (QED) is 0.654. The summed E-state index contributed by atoms with van der Waals surface area (Å²) >= 11 is 0. The molecule has 3 rings (SSSR count). The van der Waals surface area contributed by atoms with E-state index in [1.165, 1.54) is 5.56 Å². The van der Waals surface area contributed by atoms with E-state index in [0.29, 0.717) is 11.5 Å². The number of benzene rings is 3. The SMILES string of the molecule is CCc1ccc([C@H](NC(=O)c2ccc3ccccc3c2)C(C)C)cc1. The van der Waals surface area contributed by atoms with Crippen molar-refractivity contribution >= 4 is 16.7 Å². The van der Waals surface area contributed by atoms with Gasteiger partial charge in [0.1, 0.15) is 0 Å². The van der Waals surface area contributed by atoms with Crippen LogP contribution >= 0.6 is 0 Å². The van der Waals surface area contributed by atoms with Gasteiger partial charge in [0.25, 0.3) is 5.91 Å². The summed E-state index contributed by atoms with van der Waals surface area (Å²) in [5, 5.41) is 5.45. The maximum absolute atomic E-state index is 12.8. The predicted molar refractivity (Wildman–Crippen MR) is 105 cm³/mol. The molecule has 0 aliphatic carbocycles. The fourth-order valence-electron chi connectivity index (χ4n) is 3.15. The van der Waals surface area contributed by atoms with E-state index in [1.54, 1.807) is 0 Å². The zero-order valence-corrected chi connectivity index (χ0v) is 15.1. The average molecular weight is 331 g/mol. The number of amides is 1. The third kappa shape index (κ3) is 3.90. The summed E-state index contributed by atoms with van der Waals surface area (Å²) in [6, 6.07) is 22.5. The van der Waals surface area contributed by atoms with E-state index in [1.807, 2.05) is 36.4 Å². The van der Waals surface area contributed by atoms with E-state index in [0.717, 1.165) is 22.8 Å². The number of hydrogen-bond acceptors (Lipinski definition) is 1. The van der Waals surface area contributed by atoms with Crippen LogP contribution < -0.4 is 5.32 Å². The molecule has 0 fully saturated rings. The van der Waals surface area contributed by atoms with Gasteiger partial charge in [0.2, 0.25) is 0 Å². The van der Waals surface area contributed by atoms with Gasteiger partial charge in [-0.3, -0.25) is 4.79 Å². The van der Waals surface area contributed by atoms with Gasteiger partial charge in [-0.05, 0) is 46.4 Å². The van der Waals surface area contributed by atoms with Crippen LogP contribution in [0, 0.1) is 5.92 Å². The molecule has 0 heterocycles. The van der Waals surface area contributed by atoms with Crippen molar-refractivity contribution in [1.29, 1.82) is 0 Å². The summed E-state index contributed by atoms with van der Waals surface area (Å²) in [6.07, 6.45) is 1.02. The van der Waals surface area contributed by atoms with Gasteiger partial charge in [-0.2, -0.15) is 0 Å². The highest BCUT2D eigenvalue weighted by atomic mass is 16.1. The third-order valence-corrected chi connectivity index (χ3v) is 4.71. The predicted octanol–water partition coefficient (Wildman–Crippen LogP) is 5.53. The van der Waals surface area contributed by atoms with Crippen LogP contribution in [0.15, 0.2) is 66.7 Å². The molecule has 0 saturated heterocycles. The standard InChI is InChI=1S/C23H25NO/c1-4-17-9-11-19(12-10-17)22(16(2)3)24-23(25)21-14-13-18-7-5-6-8-20(18)15-21/h5-16,22H,4H2,1-3H3,(H,24,25)/t22-/m1/s1. The Kier molecular flexibility index (Phi) is 5.18. The van der Waals surface area contributed by atoms with Gasteiger partial charge >= 0.3 is 0 Å². The molecule has 128 valence electrons. The summed E-state index contributed by atoms with van der Waals surface area (Å²) in [7, 11) is 0. The van der Waals surface area contributed by atoms with Gasteiger partial charge in [-0.1, -0.05) is 75.4 Å². The molecule has 25 heavy (non-hydrogen) atoms. The maximum atomic E-state index is 12.8. The van der Waals surface area contributed by atoms with Gasteiger partial charge in [-0.25, -0.2) is 0 Å². The highest BCUT2D eigenvalue weighted by Gasteiger charge is 2.19. The summed E-state index contributed by atoms with van der Waals surface area (Å²) in [5.41, 5.74) is 3.17. The maximum Gasteiger partial charge on any atom is 0.251 e. The largest absolute Gasteiger partial charge is 0.345 e. The van der Waals surface area contributed by atoms with Crippen molar-refractivity contribution in [2.24, 2.45) is 5.92 Å². The molecule has 2 heteroatoms. The van der Waals surface area contributed by atoms with Crippen LogP contribution in [0.1, 0.15) is 48.3 Å². The zero-order valence-electron chi connectivity index (χ0n) is 15.1. The second-order valence-electron chi connectivity index (χ2n) is 6.85. The van der Waals surface area contributed by atoms with Gasteiger partial charge < -0.3 is 5.32 Å². The molecule has 0 unspecified atom stereocenters. The van der Waals surface area contributed by atoms with Gasteiger partial charge in [0.05, 0.1) is 6.04 Å². The summed E-state index contributed by atoms with van der Waals surface area (Å²) < 4.78 is 0. The highest BCUT2D eigenvalue weighted by Crippen LogP contribution is 2.23. The van der Waals surface area contributed by atoms with Crippen molar-refractivity contribution in [3.8, 4) is 0 Å². The Morgan fingerprint density at radius 2 is 1.60 bits per heavy atom. The first-order valence-electron chi connectivity index (χ1n) is 8.97. The minimum atomic E-state index is -0.0241. The van der Waals surface area contributed by atoms with E-state index in [4.69, 9.17) is 0 Å². The van der Waals surface area contributed by atoms with Crippen LogP contribution in [-0.2, 0) is 6.42 Å². The molecule has 0 bridgehead atoms. The molecule has 0 aliphatic rings. The molecule has 0 saturated carbocycles. The second kappa shape index (κ2) is 7.52. The van der Waals surface area contributed by atoms with E-state index >= 15 is 0 Å². The monoisotopic (exact) mass is 331 g/mol. The first kappa shape index (κ1) is 17.2. The van der Waals surface area contributed by atoms with E-state index in [2.05, 4.69) is 56.4 Å². The Balaban J connectivity index is 1.83. The molecular formula is C23H25NO. The minimum Gasteiger partial charge on any atom is -0.345 e. The Labute approximate surface area is 149 Å². The van der Waals surface area contributed by atoms with Gasteiger partial charge in [0, 0.05) is 5.56 Å². The molecule has 3 aromatic carbocycles. The van der Waals surface area contributed by atoms with Crippen molar-refractivity contribution in [2.45, 2.75) is 33.2 Å². The summed E-state index contributed by atoms with van der Waals surface area (Å²) in [6.45, 7) is 6.43. The summed E-state index contributed by atoms with van der Waals surface area (Å²) in [5.74, 6) is 0.293. The molecule has 1 amide bonds. The molecule has 3 aromatic rings. The molecule has 1 N–H and O–H groups in total. The van der Waals surface area contributed by atoms with Crippen molar-refractivity contribution in [1.82, 2.24) is 5.32 Å². The van der Waals surface area contributed by atoms with Crippen LogP contribution in [0.25, 0.3) is 10.8 Å². The number of carbonyl (C=O) groups is 1. The molecule has 0 radical (unpaired) electrons. The topological polar surface area (TPSA) is 29.1 Å². The average Bonchev–Trinajstić information content (AvgIpc) is 2.65. The van der Waals surface area contributed by atoms with Crippen LogP contribution in [0.2, 0.25) is 0 Å². The molecule has 0 aliphatic heterocycles. The lowest BCUT2D eigenvalue weighted by atomic mass is 9.94. The number of carbonyl (C=O) groups excluding carboxylic acids is 1. The van der Waals surface area contributed by atoms with Crippen molar-refractivity contribution in [3.05, 3.63) is 83.4 Å². The molecular weight excluding hydrogens is 306 g/mol. The number of hydrogen-bond donors (Lipinski definition) is 1. The Hall–Kier alpha value is -2.61. The summed E-state index contributed by atoms with van der Waals surface area (Å²) in [4.78, 5) is 12.8. The molecule has 0 spiro atoms. The lowest BCUT2D eigenvalue weighted by molar-refractivity contribution is 0.0925. The Morgan fingerprint density at radius 1 is 0.920 bits per heavy atom. The van der Waals surface area contributed by atoms with E-state index in [9.17, 15) is 4.79 Å². The number of aryl methyl sites for hydroxylation is 1. The first-order valence-corrected chi connectivity index (χ1v) is 8.97. The first-order chi connectivity index (χ1) is 12.1. The fourth-order valence-corrected chi connectivity index (χ4v) is 3.15. The Morgan fingerprint density at radius 3 is 2.24 bits per heavy atom. The van der Waals surface area contributed by atoms with Crippen LogP contribution in [0.4, 0.5) is 0 Å². The van der Waals surface area contributed by atoms with Crippen molar-refractivity contribution in [2.75, 3.05) is 0 Å². The lowest BCUT2D eigenvalue weighted by Crippen LogP contribution is -2.31. The highest BCUT2D eigenvalue weighted by molar-refractivity contribution is 5.98. The van der Waals surface area contributed by atoms with Crippen molar-refractivity contribution < 1.29 is 4.79 Å². The van der Waals surface area contributed by atoms with Crippen LogP contribution in [0.5, 0.6) is 0 Å². The number of fused-ring (bicyclic) bond motifs is 1. The molecule has 1 atom stereocenters. The van der Waals surface area contributed by atoms with E-state index in [-0.39, 0.29) is 11.9 Å². The van der Waals surface area contributed by atoms with Crippen LogP contribution in [-0.4, -0.2) is 5.91 Å². The lowest BCUT2D eigenvalue weighted by Gasteiger charge is -2.23. The fraction of sp³-hybridized carbons (Fsp3) is 0.261. The minimum absolute atomic E-state index is 0.00452. The van der Waals surface area contributed by atoms with Crippen molar-refractivity contribution in [3.63, 3.8) is 0 Å². The van der Waals surface area contributed by atoms with Gasteiger partial charge in [0.15, 0.2) is 0 Å². The number of nitrogens with one attached hydrogen (secondary N) is 1. The molecule has 0 aromatic heterocycles. The third-order valence-electron chi connectivity index (χ3n) is 4.71. The van der Waals surface area contributed by atoms with E-state index < -0.39 is 0 Å². The van der Waals surface area contributed by atoms with Gasteiger partial charge in [-0.15, -0.1) is 0 Å². The number of rotatable bonds is 5. The zero-order chi connectivity index (χ0) is 17.8. The molecule has 2 nitrogen and oxygen atoms in total. The Bertz CT molecular complexity index is 865. The normalized spacial score (nSPS) is 12.3.